The second-order valence-corrected chi connectivity index (χ2v) is 7.98. The molecule has 26 heavy (non-hydrogen) atoms. The van der Waals surface area contributed by atoms with Gasteiger partial charge in [0.05, 0.1) is 5.92 Å². The molecule has 0 aromatic heterocycles. The number of benzene rings is 1. The van der Waals surface area contributed by atoms with Crippen LogP contribution in [0.15, 0.2) is 24.3 Å². The Balaban J connectivity index is 1.30. The van der Waals surface area contributed by atoms with E-state index in [0.29, 0.717) is 13.0 Å². The van der Waals surface area contributed by atoms with Gasteiger partial charge in [-0.05, 0) is 49.8 Å². The largest absolute Gasteiger partial charge is 0.353 e. The highest BCUT2D eigenvalue weighted by molar-refractivity contribution is 6.00. The third kappa shape index (κ3) is 3.78. The number of carbonyl (C=O) groups excluding carboxylic acids is 2. The molecule has 1 aromatic carbocycles. The minimum atomic E-state index is -0.227. The number of aryl methyl sites for hydroxylation is 1. The molecule has 0 radical (unpaired) electrons. The summed E-state index contributed by atoms with van der Waals surface area (Å²) in [7, 11) is 0. The van der Waals surface area contributed by atoms with Crippen molar-refractivity contribution < 1.29 is 9.59 Å². The lowest BCUT2D eigenvalue weighted by atomic mass is 10.0. The van der Waals surface area contributed by atoms with Crippen LogP contribution in [0.1, 0.15) is 44.6 Å². The molecule has 2 saturated heterocycles. The number of amides is 2. The first-order chi connectivity index (χ1) is 12.6. The minimum absolute atomic E-state index is 0.0518. The first kappa shape index (κ1) is 17.5. The summed E-state index contributed by atoms with van der Waals surface area (Å²) in [4.78, 5) is 29.4. The predicted molar refractivity (Wildman–Crippen MR) is 102 cm³/mol. The number of carbonyl (C=O) groups is 2. The number of hydrogen-bond acceptors (Lipinski definition) is 3. The molecule has 2 heterocycles. The Hall–Kier alpha value is -1.88. The molecule has 5 heteroatoms. The Bertz CT molecular complexity index is 660. The minimum Gasteiger partial charge on any atom is -0.353 e. The fourth-order valence-electron chi connectivity index (χ4n) is 4.21. The summed E-state index contributed by atoms with van der Waals surface area (Å²) in [5.74, 6) is -0.122. The van der Waals surface area contributed by atoms with E-state index in [4.69, 9.17) is 0 Å². The summed E-state index contributed by atoms with van der Waals surface area (Å²) >= 11 is 0. The molecule has 5 nitrogen and oxygen atoms in total. The highest BCUT2D eigenvalue weighted by Crippen LogP contribution is 2.30. The van der Waals surface area contributed by atoms with Crippen LogP contribution in [0.3, 0.4) is 0 Å². The maximum absolute atomic E-state index is 12.7. The van der Waals surface area contributed by atoms with Crippen molar-refractivity contribution in [2.24, 2.45) is 5.92 Å². The van der Waals surface area contributed by atoms with Crippen LogP contribution >= 0.6 is 0 Å². The lowest BCUT2D eigenvalue weighted by molar-refractivity contribution is -0.127. The molecule has 2 amide bonds. The molecule has 1 aromatic rings. The molecule has 4 rings (SSSR count). The van der Waals surface area contributed by atoms with Gasteiger partial charge in [-0.2, -0.15) is 0 Å². The van der Waals surface area contributed by atoms with E-state index in [1.54, 1.807) is 4.90 Å². The van der Waals surface area contributed by atoms with Gasteiger partial charge >= 0.3 is 0 Å². The van der Waals surface area contributed by atoms with Crippen LogP contribution in [0.25, 0.3) is 0 Å². The van der Waals surface area contributed by atoms with Crippen molar-refractivity contribution in [3.05, 3.63) is 29.8 Å². The number of hydrogen-bond donors (Lipinski definition) is 1. The van der Waals surface area contributed by atoms with Crippen LogP contribution in [0.4, 0.5) is 5.69 Å². The molecule has 1 aliphatic carbocycles. The van der Waals surface area contributed by atoms with Crippen LogP contribution in [0.5, 0.6) is 0 Å². The van der Waals surface area contributed by atoms with E-state index in [9.17, 15) is 9.59 Å². The second-order valence-electron chi connectivity index (χ2n) is 7.98. The normalized spacial score (nSPS) is 24.9. The fraction of sp³-hybridized carbons (Fsp3) is 0.619. The van der Waals surface area contributed by atoms with Crippen LogP contribution in [-0.2, 0) is 16.0 Å². The molecule has 0 spiro atoms. The van der Waals surface area contributed by atoms with E-state index in [2.05, 4.69) is 29.3 Å². The van der Waals surface area contributed by atoms with E-state index >= 15 is 0 Å². The van der Waals surface area contributed by atoms with Gasteiger partial charge in [-0.15, -0.1) is 0 Å². The van der Waals surface area contributed by atoms with E-state index in [1.807, 2.05) is 12.1 Å². The fourth-order valence-corrected chi connectivity index (χ4v) is 4.21. The molecule has 1 N–H and O–H groups in total. The van der Waals surface area contributed by atoms with Gasteiger partial charge in [-0.1, -0.05) is 19.1 Å². The Labute approximate surface area is 155 Å². The van der Waals surface area contributed by atoms with Crippen molar-refractivity contribution in [2.45, 2.75) is 57.5 Å². The maximum atomic E-state index is 12.7. The summed E-state index contributed by atoms with van der Waals surface area (Å²) in [6.45, 7) is 4.80. The zero-order valence-electron chi connectivity index (χ0n) is 15.6. The summed E-state index contributed by atoms with van der Waals surface area (Å²) in [6, 6.07) is 9.18. The van der Waals surface area contributed by atoms with Gasteiger partial charge in [0.2, 0.25) is 11.8 Å². The topological polar surface area (TPSA) is 52.7 Å². The number of nitrogens with zero attached hydrogens (tertiary/aromatic N) is 2. The van der Waals surface area contributed by atoms with Crippen molar-refractivity contribution in [3.63, 3.8) is 0 Å². The van der Waals surface area contributed by atoms with Crippen LogP contribution < -0.4 is 10.2 Å². The zero-order chi connectivity index (χ0) is 18.1. The molecule has 3 aliphatic rings. The third-order valence-electron chi connectivity index (χ3n) is 6.09. The molecule has 1 atom stereocenters. The smallest absolute Gasteiger partial charge is 0.227 e. The van der Waals surface area contributed by atoms with Gasteiger partial charge in [0.25, 0.3) is 0 Å². The quantitative estimate of drug-likeness (QED) is 0.882. The molecular weight excluding hydrogens is 326 g/mol. The summed E-state index contributed by atoms with van der Waals surface area (Å²) in [5.41, 5.74) is 2.16. The van der Waals surface area contributed by atoms with E-state index < -0.39 is 0 Å². The number of likely N-dealkylation sites (tertiary alicyclic amines) is 1. The second kappa shape index (κ2) is 7.39. The molecule has 1 unspecified atom stereocenters. The average Bonchev–Trinajstić information content (AvgIpc) is 3.44. The molecule has 0 bridgehead atoms. The summed E-state index contributed by atoms with van der Waals surface area (Å²) in [6.07, 6.45) is 6.06. The van der Waals surface area contributed by atoms with Crippen LogP contribution in [0.2, 0.25) is 0 Å². The monoisotopic (exact) mass is 355 g/mol. The van der Waals surface area contributed by atoms with E-state index in [0.717, 1.165) is 44.1 Å². The van der Waals surface area contributed by atoms with Gasteiger partial charge in [-0.25, -0.2) is 0 Å². The Morgan fingerprint density at radius 1 is 1.12 bits per heavy atom. The molecular formula is C21H29N3O2. The van der Waals surface area contributed by atoms with Gasteiger partial charge in [0.15, 0.2) is 0 Å². The predicted octanol–water partition coefficient (Wildman–Crippen LogP) is 2.34. The van der Waals surface area contributed by atoms with Crippen LogP contribution in [-0.4, -0.2) is 48.4 Å². The molecule has 140 valence electrons. The maximum Gasteiger partial charge on any atom is 0.227 e. The zero-order valence-corrected chi connectivity index (χ0v) is 15.6. The highest BCUT2D eigenvalue weighted by atomic mass is 16.2. The van der Waals surface area contributed by atoms with Crippen molar-refractivity contribution in [2.75, 3.05) is 24.5 Å². The SMILES string of the molecule is CCc1ccc(N2CC(C(=O)NC3CCN(C4CC4)CC3)CC2=O)cc1. The Kier molecular flexibility index (Phi) is 4.98. The van der Waals surface area contributed by atoms with Gasteiger partial charge in [0, 0.05) is 43.8 Å². The first-order valence-electron chi connectivity index (χ1n) is 10.1. The number of nitrogens with one attached hydrogen (secondary N) is 1. The van der Waals surface area contributed by atoms with Gasteiger partial charge in [-0.3, -0.25) is 9.59 Å². The molecule has 2 aliphatic heterocycles. The molecule has 3 fully saturated rings. The number of piperidine rings is 1. The molecule has 1 saturated carbocycles. The van der Waals surface area contributed by atoms with Gasteiger partial charge < -0.3 is 15.1 Å². The Morgan fingerprint density at radius 2 is 1.81 bits per heavy atom. The Morgan fingerprint density at radius 3 is 2.42 bits per heavy atom. The third-order valence-corrected chi connectivity index (χ3v) is 6.09. The lowest BCUT2D eigenvalue weighted by Crippen LogP contribution is -2.47. The first-order valence-corrected chi connectivity index (χ1v) is 10.1. The van der Waals surface area contributed by atoms with Crippen molar-refractivity contribution in [3.8, 4) is 0 Å². The summed E-state index contributed by atoms with van der Waals surface area (Å²) < 4.78 is 0. The number of rotatable bonds is 5. The van der Waals surface area contributed by atoms with Crippen molar-refractivity contribution in [1.29, 1.82) is 0 Å². The summed E-state index contributed by atoms with van der Waals surface area (Å²) in [5, 5.41) is 3.21. The van der Waals surface area contributed by atoms with E-state index in [-0.39, 0.29) is 23.8 Å². The van der Waals surface area contributed by atoms with Gasteiger partial charge in [0.1, 0.15) is 0 Å². The van der Waals surface area contributed by atoms with Crippen molar-refractivity contribution >= 4 is 17.5 Å². The standard InChI is InChI=1S/C21H29N3O2/c1-2-15-3-5-19(6-4-15)24-14-16(13-20(24)25)21(26)22-17-9-11-23(12-10-17)18-7-8-18/h3-6,16-18H,2,7-14H2,1H3,(H,22,26). The van der Waals surface area contributed by atoms with Crippen LogP contribution in [0, 0.1) is 5.92 Å². The highest BCUT2D eigenvalue weighted by Gasteiger charge is 2.37. The van der Waals surface area contributed by atoms with Crippen molar-refractivity contribution in [1.82, 2.24) is 10.2 Å². The van der Waals surface area contributed by atoms with E-state index in [1.165, 1.54) is 18.4 Å². The number of anilines is 1. The lowest BCUT2D eigenvalue weighted by Gasteiger charge is -2.32. The average molecular weight is 355 g/mol.